The summed E-state index contributed by atoms with van der Waals surface area (Å²) in [6, 6.07) is 4.22. The number of carbonyl (C=O) groups excluding carboxylic acids is 2. The molecule has 0 fully saturated rings. The molecule has 1 aromatic carbocycles. The number of nitrogens with zero attached hydrogens (tertiary/aromatic N) is 1. The molecule has 0 aliphatic rings. The maximum absolute atomic E-state index is 11.9. The van der Waals surface area contributed by atoms with Gasteiger partial charge in [-0.25, -0.2) is 0 Å². The van der Waals surface area contributed by atoms with Gasteiger partial charge in [-0.3, -0.25) is 19.7 Å². The van der Waals surface area contributed by atoms with Crippen molar-refractivity contribution in [1.29, 1.82) is 0 Å². The summed E-state index contributed by atoms with van der Waals surface area (Å²) in [6.45, 7) is 5.93. The Morgan fingerprint density at radius 2 is 1.85 bits per heavy atom. The molecule has 1 rings (SSSR count). The summed E-state index contributed by atoms with van der Waals surface area (Å²) in [5.41, 5.74) is 0.387. The number of carbonyl (C=O) groups is 2. The molecule has 0 spiro atoms. The molecule has 1 aromatic rings. The summed E-state index contributed by atoms with van der Waals surface area (Å²) in [4.78, 5) is 34.0. The lowest BCUT2D eigenvalue weighted by Crippen LogP contribution is -2.24. The molecule has 0 heterocycles. The number of nitro benzene ring substituents is 1. The molecule has 0 aliphatic heterocycles. The minimum absolute atomic E-state index is 0.0463. The Morgan fingerprint density at radius 3 is 2.41 bits per heavy atom. The average molecular weight is 381 g/mol. The first-order valence-electron chi connectivity index (χ1n) is 8.94. The molecule has 0 aromatic heterocycles. The van der Waals surface area contributed by atoms with Gasteiger partial charge in [0.25, 0.3) is 0 Å². The van der Waals surface area contributed by atoms with Crippen LogP contribution < -0.4 is 4.74 Å². The predicted octanol–water partition coefficient (Wildman–Crippen LogP) is 3.79. The zero-order valence-electron chi connectivity index (χ0n) is 16.2. The fraction of sp³-hybridized carbons (Fsp3) is 0.579. The van der Waals surface area contributed by atoms with Gasteiger partial charge in [0.15, 0.2) is 5.75 Å². The Morgan fingerprint density at radius 1 is 1.19 bits per heavy atom. The van der Waals surface area contributed by atoms with Crippen molar-refractivity contribution in [2.75, 3.05) is 7.11 Å². The van der Waals surface area contributed by atoms with Crippen molar-refractivity contribution in [3.63, 3.8) is 0 Å². The van der Waals surface area contributed by atoms with Gasteiger partial charge in [0.2, 0.25) is 0 Å². The molecule has 0 bridgehead atoms. The number of esters is 2. The first kappa shape index (κ1) is 22.4. The van der Waals surface area contributed by atoms with E-state index in [-0.39, 0.29) is 42.9 Å². The fourth-order valence-corrected chi connectivity index (χ4v) is 2.44. The zero-order valence-corrected chi connectivity index (χ0v) is 16.2. The third kappa shape index (κ3) is 7.64. The van der Waals surface area contributed by atoms with Crippen LogP contribution in [0.15, 0.2) is 18.2 Å². The molecule has 1 atom stereocenters. The van der Waals surface area contributed by atoms with Gasteiger partial charge in [-0.05, 0) is 30.0 Å². The van der Waals surface area contributed by atoms with E-state index in [1.165, 1.54) is 25.3 Å². The summed E-state index contributed by atoms with van der Waals surface area (Å²) in [5, 5.41) is 10.9. The van der Waals surface area contributed by atoms with Crippen LogP contribution in [0.25, 0.3) is 0 Å². The SMILES string of the molecule is CCCC(OC(=O)CCC(=O)OCc1ccc([N+](=O)[O-])c(OC)c1)C(C)C. The van der Waals surface area contributed by atoms with E-state index in [1.54, 1.807) is 0 Å². The van der Waals surface area contributed by atoms with Gasteiger partial charge >= 0.3 is 17.6 Å². The first-order valence-corrected chi connectivity index (χ1v) is 8.94. The second kappa shape index (κ2) is 11.2. The van der Waals surface area contributed by atoms with Crippen molar-refractivity contribution in [2.45, 2.75) is 59.2 Å². The molecular formula is C19H27NO7. The summed E-state index contributed by atoms with van der Waals surface area (Å²) in [5.74, 6) is -0.650. The molecule has 0 saturated heterocycles. The molecule has 150 valence electrons. The Bertz CT molecular complexity index is 657. The highest BCUT2D eigenvalue weighted by Gasteiger charge is 2.19. The fourth-order valence-electron chi connectivity index (χ4n) is 2.44. The highest BCUT2D eigenvalue weighted by Crippen LogP contribution is 2.27. The van der Waals surface area contributed by atoms with Gasteiger partial charge in [-0.1, -0.05) is 27.2 Å². The van der Waals surface area contributed by atoms with E-state index < -0.39 is 16.9 Å². The van der Waals surface area contributed by atoms with Gasteiger partial charge in [0.1, 0.15) is 12.7 Å². The van der Waals surface area contributed by atoms with E-state index >= 15 is 0 Å². The Kier molecular flexibility index (Phi) is 9.25. The van der Waals surface area contributed by atoms with Crippen LogP contribution in [0.3, 0.4) is 0 Å². The predicted molar refractivity (Wildman–Crippen MR) is 98.3 cm³/mol. The lowest BCUT2D eigenvalue weighted by atomic mass is 10.0. The van der Waals surface area contributed by atoms with Crippen LogP contribution in [0.5, 0.6) is 5.75 Å². The number of rotatable bonds is 11. The third-order valence-electron chi connectivity index (χ3n) is 3.97. The molecular weight excluding hydrogens is 354 g/mol. The Balaban J connectivity index is 2.47. The number of nitro groups is 1. The number of methoxy groups -OCH3 is 1. The summed E-state index contributed by atoms with van der Waals surface area (Å²) < 4.78 is 15.5. The number of hydrogen-bond donors (Lipinski definition) is 0. The maximum atomic E-state index is 11.9. The van der Waals surface area contributed by atoms with Crippen LogP contribution in [-0.2, 0) is 25.7 Å². The Labute approximate surface area is 158 Å². The average Bonchev–Trinajstić information content (AvgIpc) is 2.63. The van der Waals surface area contributed by atoms with E-state index in [2.05, 4.69) is 0 Å². The van der Waals surface area contributed by atoms with Gasteiger partial charge in [0.05, 0.1) is 24.9 Å². The monoisotopic (exact) mass is 381 g/mol. The highest BCUT2D eigenvalue weighted by molar-refractivity contribution is 5.77. The van der Waals surface area contributed by atoms with Crippen LogP contribution in [0.2, 0.25) is 0 Å². The Hall–Kier alpha value is -2.64. The maximum Gasteiger partial charge on any atom is 0.310 e. The molecule has 0 amide bonds. The summed E-state index contributed by atoms with van der Waals surface area (Å²) >= 11 is 0. The van der Waals surface area contributed by atoms with Crippen molar-refractivity contribution >= 4 is 17.6 Å². The molecule has 0 saturated carbocycles. The zero-order chi connectivity index (χ0) is 20.4. The van der Waals surface area contributed by atoms with Crippen LogP contribution in [0.4, 0.5) is 5.69 Å². The smallest absolute Gasteiger partial charge is 0.310 e. The van der Waals surface area contributed by atoms with Crippen LogP contribution in [0.1, 0.15) is 52.0 Å². The van der Waals surface area contributed by atoms with E-state index in [1.807, 2.05) is 20.8 Å². The van der Waals surface area contributed by atoms with Gasteiger partial charge < -0.3 is 14.2 Å². The van der Waals surface area contributed by atoms with Gasteiger partial charge in [-0.15, -0.1) is 0 Å². The quantitative estimate of drug-likeness (QED) is 0.326. The van der Waals surface area contributed by atoms with Crippen molar-refractivity contribution in [2.24, 2.45) is 5.92 Å². The van der Waals surface area contributed by atoms with Gasteiger partial charge in [0, 0.05) is 6.07 Å². The summed E-state index contributed by atoms with van der Waals surface area (Å²) in [7, 11) is 1.33. The molecule has 1 unspecified atom stereocenters. The standard InChI is InChI=1S/C19H27NO7/c1-5-6-16(13(2)3)27-19(22)10-9-18(21)26-12-14-7-8-15(20(23)24)17(11-14)25-4/h7-8,11,13,16H,5-6,9-10,12H2,1-4H3. The molecule has 0 aliphatic carbocycles. The molecule has 0 radical (unpaired) electrons. The molecule has 8 heteroatoms. The van der Waals surface area contributed by atoms with Gasteiger partial charge in [-0.2, -0.15) is 0 Å². The number of ether oxygens (including phenoxy) is 3. The minimum atomic E-state index is -0.552. The van der Waals surface area contributed by atoms with Crippen molar-refractivity contribution in [1.82, 2.24) is 0 Å². The van der Waals surface area contributed by atoms with E-state index in [4.69, 9.17) is 14.2 Å². The second-order valence-corrected chi connectivity index (χ2v) is 6.48. The van der Waals surface area contributed by atoms with Crippen LogP contribution >= 0.6 is 0 Å². The second-order valence-electron chi connectivity index (χ2n) is 6.48. The van der Waals surface area contributed by atoms with Crippen molar-refractivity contribution in [3.8, 4) is 5.75 Å². The third-order valence-corrected chi connectivity index (χ3v) is 3.97. The lowest BCUT2D eigenvalue weighted by Gasteiger charge is -2.20. The van der Waals surface area contributed by atoms with E-state index in [0.717, 1.165) is 12.8 Å². The number of hydrogen-bond acceptors (Lipinski definition) is 7. The van der Waals surface area contributed by atoms with Crippen molar-refractivity contribution in [3.05, 3.63) is 33.9 Å². The topological polar surface area (TPSA) is 105 Å². The largest absolute Gasteiger partial charge is 0.490 e. The highest BCUT2D eigenvalue weighted by atomic mass is 16.6. The first-order chi connectivity index (χ1) is 12.8. The van der Waals surface area contributed by atoms with Crippen molar-refractivity contribution < 1.29 is 28.7 Å². The molecule has 0 N–H and O–H groups in total. The van der Waals surface area contributed by atoms with E-state index in [9.17, 15) is 19.7 Å². The molecule has 27 heavy (non-hydrogen) atoms. The van der Waals surface area contributed by atoms with Crippen LogP contribution in [-0.4, -0.2) is 30.1 Å². The number of benzene rings is 1. The normalized spacial score (nSPS) is 11.7. The van der Waals surface area contributed by atoms with Crippen LogP contribution in [0, 0.1) is 16.0 Å². The minimum Gasteiger partial charge on any atom is -0.490 e. The lowest BCUT2D eigenvalue weighted by molar-refractivity contribution is -0.385. The molecule has 8 nitrogen and oxygen atoms in total. The van der Waals surface area contributed by atoms with E-state index in [0.29, 0.717) is 5.56 Å². The summed E-state index contributed by atoms with van der Waals surface area (Å²) in [6.07, 6.45) is 1.42.